The number of hydrogen-bond donors (Lipinski definition) is 0. The Balaban J connectivity index is 1.98. The van der Waals surface area contributed by atoms with E-state index in [1.807, 2.05) is 26.8 Å². The largest absolute Gasteiger partial charge is 0.451 e. The van der Waals surface area contributed by atoms with Crippen molar-refractivity contribution in [2.45, 2.75) is 33.2 Å². The number of amides is 1. The average molecular weight is 373 g/mol. The minimum absolute atomic E-state index is 0.0104. The molecular weight excluding hydrogens is 350 g/mol. The van der Waals surface area contributed by atoms with Gasteiger partial charge in [-0.15, -0.1) is 11.3 Å². The molecule has 1 amide bonds. The van der Waals surface area contributed by atoms with E-state index in [9.17, 15) is 18.0 Å². The summed E-state index contributed by atoms with van der Waals surface area (Å²) in [6, 6.07) is 3.16. The van der Waals surface area contributed by atoms with E-state index in [1.54, 1.807) is 11.0 Å². The van der Waals surface area contributed by atoms with E-state index in [2.05, 4.69) is 0 Å². The van der Waals surface area contributed by atoms with E-state index in [1.165, 1.54) is 11.3 Å². The predicted octanol–water partition coefficient (Wildman–Crippen LogP) is 1.89. The van der Waals surface area contributed by atoms with E-state index < -0.39 is 15.8 Å². The van der Waals surface area contributed by atoms with Crippen molar-refractivity contribution in [1.29, 1.82) is 0 Å². The molecule has 1 aliphatic heterocycles. The lowest BCUT2D eigenvalue weighted by Crippen LogP contribution is -2.45. The minimum atomic E-state index is -3.08. The highest BCUT2D eigenvalue weighted by atomic mass is 32.2. The fourth-order valence-electron chi connectivity index (χ4n) is 2.69. The Morgan fingerprint density at radius 2 is 2.08 bits per heavy atom. The average Bonchev–Trinajstić information content (AvgIpc) is 3.07. The minimum Gasteiger partial charge on any atom is -0.451 e. The van der Waals surface area contributed by atoms with Gasteiger partial charge < -0.3 is 9.64 Å². The Labute approximate surface area is 146 Å². The summed E-state index contributed by atoms with van der Waals surface area (Å²) in [4.78, 5) is 27.4. The van der Waals surface area contributed by atoms with Crippen LogP contribution in [0.2, 0.25) is 0 Å². The van der Waals surface area contributed by atoms with Crippen molar-refractivity contribution in [1.82, 2.24) is 4.90 Å². The van der Waals surface area contributed by atoms with Crippen LogP contribution in [0, 0.1) is 12.8 Å². The number of sulfone groups is 1. The number of esters is 1. The summed E-state index contributed by atoms with van der Waals surface area (Å²) in [5.74, 6) is -0.567. The zero-order valence-electron chi connectivity index (χ0n) is 14.1. The Bertz CT molecular complexity index is 708. The summed E-state index contributed by atoms with van der Waals surface area (Å²) in [7, 11) is -3.08. The molecule has 0 aliphatic carbocycles. The number of rotatable bonds is 6. The Kier molecular flexibility index (Phi) is 6.03. The van der Waals surface area contributed by atoms with Crippen molar-refractivity contribution >= 4 is 33.1 Å². The normalized spacial score (nSPS) is 19.4. The topological polar surface area (TPSA) is 80.8 Å². The second kappa shape index (κ2) is 7.65. The highest BCUT2D eigenvalue weighted by molar-refractivity contribution is 7.91. The molecule has 0 radical (unpaired) electrons. The third-order valence-corrected chi connectivity index (χ3v) is 6.53. The van der Waals surface area contributed by atoms with E-state index in [-0.39, 0.29) is 36.0 Å². The smallest absolute Gasteiger partial charge is 0.348 e. The first kappa shape index (κ1) is 18.9. The van der Waals surface area contributed by atoms with Gasteiger partial charge in [0.15, 0.2) is 16.4 Å². The second-order valence-electron chi connectivity index (χ2n) is 6.48. The van der Waals surface area contributed by atoms with Crippen molar-refractivity contribution < 1.29 is 22.7 Å². The standard InChI is InChI=1S/C16H23NO5S2/c1-11(2)8-17(13-6-7-24(20,21)10-13)15(18)9-22-16(19)14-5-4-12(3)23-14/h4-5,11,13H,6-10H2,1-3H3. The van der Waals surface area contributed by atoms with Gasteiger partial charge in [-0.2, -0.15) is 0 Å². The van der Waals surface area contributed by atoms with Gasteiger partial charge >= 0.3 is 5.97 Å². The van der Waals surface area contributed by atoms with Crippen LogP contribution in [0.5, 0.6) is 0 Å². The maximum atomic E-state index is 12.5. The van der Waals surface area contributed by atoms with Crippen molar-refractivity contribution in [3.63, 3.8) is 0 Å². The van der Waals surface area contributed by atoms with Gasteiger partial charge in [0.2, 0.25) is 0 Å². The first-order valence-electron chi connectivity index (χ1n) is 7.91. The number of ether oxygens (including phenoxy) is 1. The lowest BCUT2D eigenvalue weighted by molar-refractivity contribution is -0.137. The molecule has 2 heterocycles. The predicted molar refractivity (Wildman–Crippen MR) is 92.9 cm³/mol. The molecule has 1 aliphatic rings. The zero-order chi connectivity index (χ0) is 17.9. The van der Waals surface area contributed by atoms with Gasteiger partial charge in [0.25, 0.3) is 5.91 Å². The molecule has 1 atom stereocenters. The summed E-state index contributed by atoms with van der Waals surface area (Å²) < 4.78 is 28.5. The molecule has 8 heteroatoms. The van der Waals surface area contributed by atoms with Crippen molar-refractivity contribution in [3.05, 3.63) is 21.9 Å². The molecule has 0 N–H and O–H groups in total. The molecule has 1 aromatic heterocycles. The van der Waals surface area contributed by atoms with Crippen LogP contribution in [0.1, 0.15) is 34.8 Å². The van der Waals surface area contributed by atoms with Gasteiger partial charge in [0, 0.05) is 17.5 Å². The first-order valence-corrected chi connectivity index (χ1v) is 10.5. The van der Waals surface area contributed by atoms with Crippen LogP contribution in [0.25, 0.3) is 0 Å². The fourth-order valence-corrected chi connectivity index (χ4v) is 5.19. The molecule has 0 aromatic carbocycles. The number of hydrogen-bond acceptors (Lipinski definition) is 6. The molecule has 24 heavy (non-hydrogen) atoms. The van der Waals surface area contributed by atoms with Gasteiger partial charge in [-0.3, -0.25) is 4.79 Å². The van der Waals surface area contributed by atoms with Crippen molar-refractivity contribution in [3.8, 4) is 0 Å². The molecule has 1 aromatic rings. The fraction of sp³-hybridized carbons (Fsp3) is 0.625. The molecule has 2 rings (SSSR count). The maximum Gasteiger partial charge on any atom is 0.348 e. The maximum absolute atomic E-state index is 12.5. The van der Waals surface area contributed by atoms with Crippen molar-refractivity contribution in [2.75, 3.05) is 24.7 Å². The Hall–Kier alpha value is -1.41. The molecule has 0 spiro atoms. The number of carbonyl (C=O) groups is 2. The quantitative estimate of drug-likeness (QED) is 0.711. The van der Waals surface area contributed by atoms with Gasteiger partial charge in [0.1, 0.15) is 4.88 Å². The van der Waals surface area contributed by atoms with Crippen LogP contribution in [0.15, 0.2) is 12.1 Å². The van der Waals surface area contributed by atoms with Gasteiger partial charge in [-0.1, -0.05) is 13.8 Å². The summed E-state index contributed by atoms with van der Waals surface area (Å²) in [5.41, 5.74) is 0. The summed E-state index contributed by atoms with van der Waals surface area (Å²) in [5, 5.41) is 0. The lowest BCUT2D eigenvalue weighted by Gasteiger charge is -2.29. The Morgan fingerprint density at radius 3 is 2.58 bits per heavy atom. The number of nitrogens with zero attached hydrogens (tertiary/aromatic N) is 1. The van der Waals surface area contributed by atoms with Crippen LogP contribution >= 0.6 is 11.3 Å². The molecule has 1 saturated heterocycles. The molecular formula is C16H23NO5S2. The monoisotopic (exact) mass is 373 g/mol. The highest BCUT2D eigenvalue weighted by Gasteiger charge is 2.35. The number of carbonyl (C=O) groups excluding carboxylic acids is 2. The SMILES string of the molecule is Cc1ccc(C(=O)OCC(=O)N(CC(C)C)C2CCS(=O)(=O)C2)s1. The van der Waals surface area contributed by atoms with Gasteiger partial charge in [-0.05, 0) is 31.4 Å². The molecule has 134 valence electrons. The number of aryl methyl sites for hydroxylation is 1. The number of thiophene rings is 1. The van der Waals surface area contributed by atoms with Crippen LogP contribution in [0.3, 0.4) is 0 Å². The third kappa shape index (κ3) is 5.04. The summed E-state index contributed by atoms with van der Waals surface area (Å²) in [6.07, 6.45) is 0.443. The van der Waals surface area contributed by atoms with Gasteiger partial charge in [-0.25, -0.2) is 13.2 Å². The van der Waals surface area contributed by atoms with Gasteiger partial charge in [0.05, 0.1) is 11.5 Å². The Morgan fingerprint density at radius 1 is 1.38 bits per heavy atom. The highest BCUT2D eigenvalue weighted by Crippen LogP contribution is 2.20. The summed E-state index contributed by atoms with van der Waals surface area (Å²) >= 11 is 1.31. The lowest BCUT2D eigenvalue weighted by atomic mass is 10.1. The van der Waals surface area contributed by atoms with Crippen LogP contribution < -0.4 is 0 Å². The molecule has 6 nitrogen and oxygen atoms in total. The molecule has 0 bridgehead atoms. The van der Waals surface area contributed by atoms with Crippen LogP contribution in [-0.4, -0.2) is 55.9 Å². The van der Waals surface area contributed by atoms with E-state index >= 15 is 0 Å². The molecule has 0 saturated carbocycles. The zero-order valence-corrected chi connectivity index (χ0v) is 15.8. The van der Waals surface area contributed by atoms with E-state index in [0.29, 0.717) is 17.8 Å². The van der Waals surface area contributed by atoms with Crippen LogP contribution in [0.4, 0.5) is 0 Å². The van der Waals surface area contributed by atoms with E-state index in [0.717, 1.165) is 4.88 Å². The summed E-state index contributed by atoms with van der Waals surface area (Å²) in [6.45, 7) is 5.90. The first-order chi connectivity index (χ1) is 11.2. The second-order valence-corrected chi connectivity index (χ2v) is 10.00. The molecule has 1 unspecified atom stereocenters. The van der Waals surface area contributed by atoms with E-state index in [4.69, 9.17) is 4.74 Å². The third-order valence-electron chi connectivity index (χ3n) is 3.80. The van der Waals surface area contributed by atoms with Crippen molar-refractivity contribution in [2.24, 2.45) is 5.92 Å². The molecule has 1 fully saturated rings. The van der Waals surface area contributed by atoms with Crippen LogP contribution in [-0.2, 0) is 19.4 Å².